The number of ether oxygens (including phenoxy) is 2. The molecule has 2 bridgehead atoms. The van der Waals surface area contributed by atoms with Crippen LogP contribution in [0.1, 0.15) is 64.7 Å². The summed E-state index contributed by atoms with van der Waals surface area (Å²) in [4.78, 5) is 55.9. The van der Waals surface area contributed by atoms with Gasteiger partial charge in [-0.15, -0.1) is 0 Å². The number of rotatable bonds is 9. The number of oxime groups is 1. The number of halogens is 1. The summed E-state index contributed by atoms with van der Waals surface area (Å²) < 4.78 is 28.5. The molecule has 0 radical (unpaired) electrons. The zero-order chi connectivity index (χ0) is 28.1. The molecule has 2 aromatic rings. The molecule has 0 N–H and O–H groups in total. The third kappa shape index (κ3) is 6.63. The lowest BCUT2D eigenvalue weighted by molar-refractivity contribution is -0.135. The molecule has 1 aromatic carbocycles. The number of ketones is 2. The van der Waals surface area contributed by atoms with E-state index in [1.54, 1.807) is 27.7 Å². The Kier molecular flexibility index (Phi) is 9.37. The summed E-state index contributed by atoms with van der Waals surface area (Å²) in [6, 6.07) is 4.02. The zero-order valence-corrected chi connectivity index (χ0v) is 22.5. The molecule has 10 nitrogen and oxygen atoms in total. The summed E-state index contributed by atoms with van der Waals surface area (Å²) in [7, 11) is 1.45. The molecule has 0 saturated heterocycles. The van der Waals surface area contributed by atoms with Crippen molar-refractivity contribution >= 4 is 17.3 Å². The minimum absolute atomic E-state index is 0.0479. The van der Waals surface area contributed by atoms with Gasteiger partial charge in [-0.3, -0.25) is 23.5 Å². The molecule has 0 saturated carbocycles. The average Bonchev–Trinajstić information content (AvgIpc) is 2.89. The fourth-order valence-electron chi connectivity index (χ4n) is 4.35. The quantitative estimate of drug-likeness (QED) is 0.277. The van der Waals surface area contributed by atoms with Gasteiger partial charge in [0.25, 0.3) is 5.56 Å². The molecule has 0 fully saturated rings. The second-order valence-electron chi connectivity index (χ2n) is 9.72. The summed E-state index contributed by atoms with van der Waals surface area (Å²) in [5.41, 5.74) is -0.320. The number of methoxy groups -OCH3 is 1. The molecule has 1 aromatic heterocycles. The normalized spacial score (nSPS) is 19.9. The van der Waals surface area contributed by atoms with Gasteiger partial charge in [-0.2, -0.15) is 0 Å². The summed E-state index contributed by atoms with van der Waals surface area (Å²) >= 11 is 0. The number of aromatic nitrogens is 2. The van der Waals surface area contributed by atoms with E-state index in [9.17, 15) is 23.6 Å². The van der Waals surface area contributed by atoms with Gasteiger partial charge in [0.2, 0.25) is 0 Å². The zero-order valence-electron chi connectivity index (χ0n) is 22.5. The summed E-state index contributed by atoms with van der Waals surface area (Å²) in [6.45, 7) is 8.05. The first-order chi connectivity index (χ1) is 17.9. The second kappa shape index (κ2) is 12.3. The van der Waals surface area contributed by atoms with Crippen LogP contribution < -0.4 is 16.0 Å². The van der Waals surface area contributed by atoms with Crippen molar-refractivity contribution in [1.29, 1.82) is 0 Å². The number of carbonyl (C=O) groups is 2. The first-order valence-corrected chi connectivity index (χ1v) is 12.5. The lowest BCUT2D eigenvalue weighted by Crippen LogP contribution is -2.44. The first-order valence-electron chi connectivity index (χ1n) is 12.5. The van der Waals surface area contributed by atoms with E-state index in [1.165, 1.54) is 43.0 Å². The Morgan fingerprint density at radius 2 is 1.92 bits per heavy atom. The molecule has 2 heterocycles. The van der Waals surface area contributed by atoms with Crippen molar-refractivity contribution in [2.45, 2.75) is 78.9 Å². The summed E-state index contributed by atoms with van der Waals surface area (Å²) in [5.74, 6) is -1.74. The van der Waals surface area contributed by atoms with Crippen LogP contribution in [0.5, 0.6) is 5.75 Å². The van der Waals surface area contributed by atoms with Crippen LogP contribution in [0.25, 0.3) is 0 Å². The summed E-state index contributed by atoms with van der Waals surface area (Å²) in [5, 5.41) is 4.04. The third-order valence-electron chi connectivity index (χ3n) is 6.52. The Morgan fingerprint density at radius 3 is 2.55 bits per heavy atom. The molecule has 3 unspecified atom stereocenters. The maximum absolute atomic E-state index is 14.3. The fourth-order valence-corrected chi connectivity index (χ4v) is 4.35. The fraction of sp³-hybridized carbons (Fsp3) is 0.519. The third-order valence-corrected chi connectivity index (χ3v) is 6.52. The van der Waals surface area contributed by atoms with E-state index in [1.807, 2.05) is 0 Å². The van der Waals surface area contributed by atoms with Crippen LogP contribution >= 0.6 is 0 Å². The highest BCUT2D eigenvalue weighted by Crippen LogP contribution is 2.33. The standard InChI is InChI=1S/C27H34FN3O7/c1-15(2)38-29-16(3)22-13-30-14-25(21-11-20(28)8-10-24(21)36-6)37-18(5)19(7-9-23(33)17(4)32)12-31(26(22)34)27(30)35/h8,10-11,13,15,18-19,25H,7,9,12,14H2,1-6H3/b29-16+. The minimum atomic E-state index is -0.833. The molecule has 0 amide bonds. The van der Waals surface area contributed by atoms with Crippen LogP contribution in [0.3, 0.4) is 0 Å². The van der Waals surface area contributed by atoms with Crippen LogP contribution in [-0.2, 0) is 32.3 Å². The van der Waals surface area contributed by atoms with Gasteiger partial charge in [0.15, 0.2) is 11.6 Å². The lowest BCUT2D eigenvalue weighted by Gasteiger charge is -2.28. The summed E-state index contributed by atoms with van der Waals surface area (Å²) in [6.07, 6.45) is -0.0887. The van der Waals surface area contributed by atoms with E-state index in [4.69, 9.17) is 14.3 Å². The highest BCUT2D eigenvalue weighted by molar-refractivity contribution is 6.36. The maximum Gasteiger partial charge on any atom is 0.331 e. The van der Waals surface area contributed by atoms with E-state index in [-0.39, 0.29) is 43.3 Å². The number of fused-ring (bicyclic) bond motifs is 2. The molecular weight excluding hydrogens is 497 g/mol. The molecule has 3 atom stereocenters. The van der Waals surface area contributed by atoms with E-state index in [2.05, 4.69) is 5.16 Å². The van der Waals surface area contributed by atoms with Crippen molar-refractivity contribution in [2.24, 2.45) is 11.1 Å². The van der Waals surface area contributed by atoms with Gasteiger partial charge in [-0.25, -0.2) is 9.18 Å². The molecule has 3 rings (SSSR count). The Labute approximate surface area is 220 Å². The number of carbonyl (C=O) groups excluding carboxylic acids is 2. The highest BCUT2D eigenvalue weighted by atomic mass is 19.1. The molecule has 1 aliphatic heterocycles. The van der Waals surface area contributed by atoms with Gasteiger partial charge in [-0.05, 0) is 52.3 Å². The van der Waals surface area contributed by atoms with Crippen molar-refractivity contribution in [1.82, 2.24) is 9.13 Å². The van der Waals surface area contributed by atoms with Crippen molar-refractivity contribution < 1.29 is 28.3 Å². The molecule has 0 aliphatic carbocycles. The van der Waals surface area contributed by atoms with Crippen LogP contribution in [0, 0.1) is 11.7 Å². The van der Waals surface area contributed by atoms with Gasteiger partial charge in [-0.1, -0.05) is 5.16 Å². The van der Waals surface area contributed by atoms with Gasteiger partial charge in [0.1, 0.15) is 23.8 Å². The van der Waals surface area contributed by atoms with Crippen molar-refractivity contribution in [3.63, 3.8) is 0 Å². The van der Waals surface area contributed by atoms with Crippen LogP contribution in [0.2, 0.25) is 0 Å². The minimum Gasteiger partial charge on any atom is -0.496 e. The Morgan fingerprint density at radius 1 is 1.21 bits per heavy atom. The number of benzene rings is 1. The van der Waals surface area contributed by atoms with Crippen LogP contribution in [0.15, 0.2) is 39.1 Å². The predicted molar refractivity (Wildman–Crippen MR) is 138 cm³/mol. The van der Waals surface area contributed by atoms with Crippen molar-refractivity contribution in [2.75, 3.05) is 7.11 Å². The predicted octanol–water partition coefficient (Wildman–Crippen LogP) is 3.02. The van der Waals surface area contributed by atoms with Crippen LogP contribution in [0.4, 0.5) is 4.39 Å². The molecular formula is C27H34FN3O7. The monoisotopic (exact) mass is 531 g/mol. The van der Waals surface area contributed by atoms with E-state index < -0.39 is 46.8 Å². The van der Waals surface area contributed by atoms with Crippen molar-refractivity contribution in [3.05, 3.63) is 62.2 Å². The largest absolute Gasteiger partial charge is 0.496 e. The average molecular weight is 532 g/mol. The van der Waals surface area contributed by atoms with E-state index in [0.717, 1.165) is 4.57 Å². The molecule has 38 heavy (non-hydrogen) atoms. The number of Topliss-reactive ketones (excluding diaryl/α,β-unsaturated/α-hetero) is 2. The number of hydrogen-bond donors (Lipinski definition) is 0. The van der Waals surface area contributed by atoms with E-state index >= 15 is 0 Å². The van der Waals surface area contributed by atoms with Gasteiger partial charge < -0.3 is 14.3 Å². The lowest BCUT2D eigenvalue weighted by atomic mass is 9.95. The van der Waals surface area contributed by atoms with Gasteiger partial charge in [0.05, 0.1) is 31.0 Å². The Balaban J connectivity index is 2.19. The molecule has 11 heteroatoms. The number of nitrogens with zero attached hydrogens (tertiary/aromatic N) is 3. The highest BCUT2D eigenvalue weighted by Gasteiger charge is 2.31. The molecule has 0 spiro atoms. The SMILES string of the molecule is COc1ccc(F)cc1C1Cn2cc(/C(C)=N/OC(C)C)c(=O)n(c2=O)CC(CCC(=O)C(C)=O)C(C)O1. The molecule has 1 aliphatic rings. The van der Waals surface area contributed by atoms with Crippen LogP contribution in [-0.4, -0.2) is 45.7 Å². The second-order valence-corrected chi connectivity index (χ2v) is 9.72. The number of hydrogen-bond acceptors (Lipinski definition) is 8. The Bertz CT molecular complexity index is 1350. The maximum atomic E-state index is 14.3. The Hall–Kier alpha value is -3.60. The van der Waals surface area contributed by atoms with Gasteiger partial charge >= 0.3 is 5.69 Å². The van der Waals surface area contributed by atoms with Gasteiger partial charge in [0, 0.05) is 37.6 Å². The molecule has 206 valence electrons. The first kappa shape index (κ1) is 29.0. The smallest absolute Gasteiger partial charge is 0.331 e. The topological polar surface area (TPSA) is 118 Å². The van der Waals surface area contributed by atoms with E-state index in [0.29, 0.717) is 11.3 Å². The van der Waals surface area contributed by atoms with Crippen molar-refractivity contribution in [3.8, 4) is 5.75 Å².